The molecule has 2 rings (SSSR count). The van der Waals surface area contributed by atoms with Gasteiger partial charge in [0.25, 0.3) is 0 Å². The van der Waals surface area contributed by atoms with Crippen molar-refractivity contribution in [1.82, 2.24) is 0 Å². The SMILES string of the molecule is CCCC[c-]1cccc1.[Cr+4].[F-].[F-].c1cc[cH-]c1. The second kappa shape index (κ2) is 15.1. The summed E-state index contributed by atoms with van der Waals surface area (Å²) >= 11 is 0. The van der Waals surface area contributed by atoms with Crippen LogP contribution in [0.3, 0.4) is 0 Å². The first-order valence-corrected chi connectivity index (χ1v) is 5.30. The Kier molecular flexibility index (Phi) is 19.0. The Hall–Kier alpha value is -0.908. The monoisotopic (exact) mass is 276 g/mol. The molecule has 0 saturated heterocycles. The molecule has 0 fully saturated rings. The Bertz CT molecular complexity index is 271. The van der Waals surface area contributed by atoms with E-state index in [0.29, 0.717) is 0 Å². The molecule has 0 aliphatic rings. The van der Waals surface area contributed by atoms with Crippen LogP contribution in [-0.4, -0.2) is 0 Å². The van der Waals surface area contributed by atoms with Crippen molar-refractivity contribution in [2.24, 2.45) is 0 Å². The number of hydrogen-bond donors (Lipinski definition) is 0. The average Bonchev–Trinajstić information content (AvgIpc) is 2.90. The molecule has 0 atom stereocenters. The van der Waals surface area contributed by atoms with Gasteiger partial charge in [-0.1, -0.05) is 26.2 Å². The zero-order valence-electron chi connectivity index (χ0n) is 9.98. The molecule has 3 heteroatoms. The van der Waals surface area contributed by atoms with Gasteiger partial charge in [-0.15, -0.1) is 0 Å². The van der Waals surface area contributed by atoms with Crippen molar-refractivity contribution in [1.29, 1.82) is 0 Å². The largest absolute Gasteiger partial charge is 4.00 e. The number of rotatable bonds is 3. The van der Waals surface area contributed by atoms with Crippen molar-refractivity contribution in [2.45, 2.75) is 26.2 Å². The molecule has 0 aliphatic carbocycles. The van der Waals surface area contributed by atoms with Crippen LogP contribution in [0.2, 0.25) is 0 Å². The first-order valence-electron chi connectivity index (χ1n) is 5.30. The standard InChI is InChI=1S/C9H13.C5H5.Cr.2FH/c1-2-3-6-9-7-4-5-8-9;1-2-4-5-3-1;;;/h4-5,7-8H,2-3,6H2,1H3;1-5H;;2*1H/q2*-1;+4;;/p-2. The van der Waals surface area contributed by atoms with Crippen molar-refractivity contribution in [2.75, 3.05) is 0 Å². The molecule has 0 bridgehead atoms. The molecule has 2 aromatic rings. The van der Waals surface area contributed by atoms with Crippen LogP contribution in [0.15, 0.2) is 54.6 Å². The van der Waals surface area contributed by atoms with Crippen LogP contribution in [0.4, 0.5) is 0 Å². The zero-order chi connectivity index (χ0) is 10.1. The van der Waals surface area contributed by atoms with Crippen LogP contribution in [0.1, 0.15) is 25.3 Å². The Morgan fingerprint density at radius 1 is 0.941 bits per heavy atom. The maximum atomic E-state index is 2.23. The fraction of sp³-hybridized carbons (Fsp3) is 0.286. The number of hydrogen-bond acceptors (Lipinski definition) is 0. The van der Waals surface area contributed by atoms with Crippen LogP contribution in [0.25, 0.3) is 0 Å². The smallest absolute Gasteiger partial charge is 1.00 e. The third-order valence-electron chi connectivity index (χ3n) is 2.11. The molecule has 0 spiro atoms. The topological polar surface area (TPSA) is 0 Å². The molecule has 2 aromatic carbocycles. The van der Waals surface area contributed by atoms with Crippen LogP contribution in [-0.2, 0) is 23.8 Å². The molecular weight excluding hydrogens is 258 g/mol. The summed E-state index contributed by atoms with van der Waals surface area (Å²) in [5.74, 6) is 0. The van der Waals surface area contributed by atoms with E-state index in [1.165, 1.54) is 24.8 Å². The molecule has 0 amide bonds. The summed E-state index contributed by atoms with van der Waals surface area (Å²) in [7, 11) is 0. The van der Waals surface area contributed by atoms with Gasteiger partial charge in [0.15, 0.2) is 0 Å². The molecule has 94 valence electrons. The average molecular weight is 276 g/mol. The van der Waals surface area contributed by atoms with Crippen LogP contribution in [0, 0.1) is 0 Å². The van der Waals surface area contributed by atoms with E-state index < -0.39 is 0 Å². The fourth-order valence-electron chi connectivity index (χ4n) is 1.28. The molecule has 0 nitrogen and oxygen atoms in total. The second-order valence-corrected chi connectivity index (χ2v) is 3.36. The van der Waals surface area contributed by atoms with E-state index in [1.54, 1.807) is 0 Å². The molecule has 0 saturated carbocycles. The normalized spacial score (nSPS) is 7.59. The summed E-state index contributed by atoms with van der Waals surface area (Å²) < 4.78 is 0. The first-order chi connectivity index (χ1) is 6.93. The van der Waals surface area contributed by atoms with Crippen molar-refractivity contribution < 1.29 is 26.8 Å². The molecule has 0 radical (unpaired) electrons. The summed E-state index contributed by atoms with van der Waals surface area (Å²) in [6, 6.07) is 18.6. The number of unbranched alkanes of at least 4 members (excludes halogenated alkanes) is 1. The second-order valence-electron chi connectivity index (χ2n) is 3.36. The van der Waals surface area contributed by atoms with E-state index in [9.17, 15) is 0 Å². The molecule has 0 N–H and O–H groups in total. The summed E-state index contributed by atoms with van der Waals surface area (Å²) in [4.78, 5) is 0. The van der Waals surface area contributed by atoms with Gasteiger partial charge in [0, 0.05) is 0 Å². The quantitative estimate of drug-likeness (QED) is 0.578. The van der Waals surface area contributed by atoms with Crippen molar-refractivity contribution >= 4 is 0 Å². The van der Waals surface area contributed by atoms with E-state index in [2.05, 4.69) is 31.2 Å². The predicted octanol–water partition coefficient (Wildman–Crippen LogP) is -1.84. The summed E-state index contributed by atoms with van der Waals surface area (Å²) in [6.45, 7) is 2.23. The fourth-order valence-corrected chi connectivity index (χ4v) is 1.28. The van der Waals surface area contributed by atoms with Gasteiger partial charge in [0.1, 0.15) is 0 Å². The number of aryl methyl sites for hydroxylation is 1. The minimum atomic E-state index is 0. The van der Waals surface area contributed by atoms with E-state index in [4.69, 9.17) is 0 Å². The Balaban J connectivity index is -0.000000216. The third kappa shape index (κ3) is 11.4. The zero-order valence-corrected chi connectivity index (χ0v) is 11.3. The van der Waals surface area contributed by atoms with E-state index in [1.807, 2.05) is 30.3 Å². The molecule has 0 aliphatic heterocycles. The third-order valence-corrected chi connectivity index (χ3v) is 2.11. The van der Waals surface area contributed by atoms with Gasteiger partial charge in [0.05, 0.1) is 0 Å². The van der Waals surface area contributed by atoms with Gasteiger partial charge in [0.2, 0.25) is 0 Å². The van der Waals surface area contributed by atoms with Gasteiger partial charge in [-0.2, -0.15) is 35.9 Å². The predicted molar refractivity (Wildman–Crippen MR) is 62.7 cm³/mol. The minimum Gasteiger partial charge on any atom is -1.00 e. The first kappa shape index (κ1) is 21.4. The van der Waals surface area contributed by atoms with Crippen LogP contribution >= 0.6 is 0 Å². The summed E-state index contributed by atoms with van der Waals surface area (Å²) in [5.41, 5.74) is 1.48. The van der Waals surface area contributed by atoms with E-state index in [0.717, 1.165) is 0 Å². The summed E-state index contributed by atoms with van der Waals surface area (Å²) in [6.07, 6.45) is 3.87. The van der Waals surface area contributed by atoms with Crippen LogP contribution < -0.4 is 9.41 Å². The molecule has 17 heavy (non-hydrogen) atoms. The van der Waals surface area contributed by atoms with Crippen molar-refractivity contribution in [3.05, 3.63) is 60.2 Å². The Labute approximate surface area is 113 Å². The maximum absolute atomic E-state index is 2.23. The van der Waals surface area contributed by atoms with Gasteiger partial charge in [-0.05, 0) is 0 Å². The van der Waals surface area contributed by atoms with Gasteiger partial charge in [-0.3, -0.25) is 0 Å². The number of halogens is 2. The minimum absolute atomic E-state index is 0. The Morgan fingerprint density at radius 3 is 1.82 bits per heavy atom. The molecule has 0 heterocycles. The summed E-state index contributed by atoms with van der Waals surface area (Å²) in [5, 5.41) is 0. The van der Waals surface area contributed by atoms with E-state index in [-0.39, 0.29) is 26.8 Å². The molecular formula is C14H18CrF2. The molecule has 0 aromatic heterocycles. The van der Waals surface area contributed by atoms with Gasteiger partial charge < -0.3 is 9.41 Å². The van der Waals surface area contributed by atoms with Gasteiger partial charge in [-0.25, -0.2) is 24.3 Å². The molecule has 0 unspecified atom stereocenters. The van der Waals surface area contributed by atoms with Crippen LogP contribution in [0.5, 0.6) is 0 Å². The Morgan fingerprint density at radius 2 is 1.47 bits per heavy atom. The van der Waals surface area contributed by atoms with Crippen molar-refractivity contribution in [3.8, 4) is 0 Å². The van der Waals surface area contributed by atoms with Crippen molar-refractivity contribution in [3.63, 3.8) is 0 Å². The maximum Gasteiger partial charge on any atom is 4.00 e. The van der Waals surface area contributed by atoms with Gasteiger partial charge >= 0.3 is 17.4 Å². The van der Waals surface area contributed by atoms with E-state index >= 15 is 0 Å².